The van der Waals surface area contributed by atoms with Crippen LogP contribution in [0.3, 0.4) is 0 Å². The topological polar surface area (TPSA) is 237 Å². The van der Waals surface area contributed by atoms with E-state index < -0.39 is 97.5 Å². The molecule has 0 bridgehead atoms. The van der Waals surface area contributed by atoms with Gasteiger partial charge < -0.3 is 33.8 Å². The number of hydrogen-bond donors (Lipinski definition) is 3. The number of unbranched alkanes of at least 4 members (excludes halogenated alkanes) is 36. The van der Waals surface area contributed by atoms with Gasteiger partial charge >= 0.3 is 39.5 Å². The molecule has 6 atom stereocenters. The van der Waals surface area contributed by atoms with Crippen LogP contribution in [0.25, 0.3) is 0 Å². The lowest BCUT2D eigenvalue weighted by atomic mass is 9.99. The Hall–Kier alpha value is -1.94. The van der Waals surface area contributed by atoms with Crippen molar-refractivity contribution in [2.24, 2.45) is 17.8 Å². The minimum Gasteiger partial charge on any atom is -0.462 e. The monoisotopic (exact) mass is 1320 g/mol. The van der Waals surface area contributed by atoms with Crippen LogP contribution in [0.15, 0.2) is 0 Å². The van der Waals surface area contributed by atoms with Crippen LogP contribution in [0.2, 0.25) is 0 Å². The molecule has 0 spiro atoms. The molecule has 534 valence electrons. The van der Waals surface area contributed by atoms with Gasteiger partial charge in [0, 0.05) is 25.7 Å². The number of phosphoric ester groups is 2. The van der Waals surface area contributed by atoms with Crippen molar-refractivity contribution >= 4 is 39.5 Å². The third-order valence-corrected chi connectivity index (χ3v) is 18.6. The number of ether oxygens (including phenoxy) is 4. The smallest absolute Gasteiger partial charge is 0.462 e. The third-order valence-electron chi connectivity index (χ3n) is 16.7. The predicted molar refractivity (Wildman–Crippen MR) is 363 cm³/mol. The van der Waals surface area contributed by atoms with Crippen molar-refractivity contribution in [3.63, 3.8) is 0 Å². The quantitative estimate of drug-likeness (QED) is 0.0222. The van der Waals surface area contributed by atoms with Gasteiger partial charge in [-0.3, -0.25) is 37.3 Å². The van der Waals surface area contributed by atoms with E-state index in [1.165, 1.54) is 167 Å². The first kappa shape index (κ1) is 88.1. The van der Waals surface area contributed by atoms with Gasteiger partial charge in [0.1, 0.15) is 19.3 Å². The van der Waals surface area contributed by atoms with Gasteiger partial charge in [0.2, 0.25) is 0 Å². The average Bonchev–Trinajstić information content (AvgIpc) is 3.72. The molecular weight excluding hydrogens is 1190 g/mol. The second-order valence-electron chi connectivity index (χ2n) is 26.8. The molecule has 90 heavy (non-hydrogen) atoms. The van der Waals surface area contributed by atoms with Gasteiger partial charge in [0.15, 0.2) is 12.2 Å². The number of hydrogen-bond acceptors (Lipinski definition) is 15. The molecule has 3 unspecified atom stereocenters. The fourth-order valence-electron chi connectivity index (χ4n) is 10.7. The van der Waals surface area contributed by atoms with E-state index in [-0.39, 0.29) is 25.7 Å². The van der Waals surface area contributed by atoms with Crippen LogP contribution in [0.4, 0.5) is 0 Å². The molecule has 0 aromatic rings. The standard InChI is InChI=1S/C71H138O17P2/c1-8-10-11-12-13-14-23-31-38-45-52-68(73)81-59-67(88-71(76)55-48-41-34-27-26-30-37-44-51-64(7)9-2)61-86-90(79,80)84-57-65(72)56-83-89(77,78)85-60-66(58-82-69(74)53-46-39-32-24-20-19-22-29-36-43-50-63(5)6)87-70(75)54-47-40-33-25-18-16-15-17-21-28-35-42-49-62(3)4/h62-67,72H,8-61H2,1-7H3,(H,77,78)(H,79,80)/t64?,65-,66-,67-/m1/s1. The van der Waals surface area contributed by atoms with Crippen LogP contribution < -0.4 is 0 Å². The lowest BCUT2D eigenvalue weighted by Gasteiger charge is -2.21. The lowest BCUT2D eigenvalue weighted by molar-refractivity contribution is -0.161. The van der Waals surface area contributed by atoms with Gasteiger partial charge in [-0.2, -0.15) is 0 Å². The first-order chi connectivity index (χ1) is 43.3. The van der Waals surface area contributed by atoms with E-state index in [4.69, 9.17) is 37.0 Å². The molecule has 0 aliphatic heterocycles. The highest BCUT2D eigenvalue weighted by atomic mass is 31.2. The van der Waals surface area contributed by atoms with Crippen LogP contribution in [0.1, 0.15) is 357 Å². The van der Waals surface area contributed by atoms with Crippen LogP contribution in [0.5, 0.6) is 0 Å². The molecule has 0 aromatic carbocycles. The number of aliphatic hydroxyl groups excluding tert-OH is 1. The van der Waals surface area contributed by atoms with E-state index in [0.717, 1.165) is 108 Å². The van der Waals surface area contributed by atoms with Gasteiger partial charge in [0.25, 0.3) is 0 Å². The highest BCUT2D eigenvalue weighted by Crippen LogP contribution is 2.45. The predicted octanol–water partition coefficient (Wildman–Crippen LogP) is 20.2. The Morgan fingerprint density at radius 3 is 0.844 bits per heavy atom. The molecule has 0 amide bonds. The van der Waals surface area contributed by atoms with Crippen LogP contribution >= 0.6 is 15.6 Å². The van der Waals surface area contributed by atoms with Crippen molar-refractivity contribution in [3.05, 3.63) is 0 Å². The molecular formula is C71H138O17P2. The highest BCUT2D eigenvalue weighted by molar-refractivity contribution is 7.47. The zero-order valence-electron chi connectivity index (χ0n) is 58.6. The number of esters is 4. The summed E-state index contributed by atoms with van der Waals surface area (Å²) < 4.78 is 68.3. The van der Waals surface area contributed by atoms with Crippen LogP contribution in [-0.2, 0) is 65.4 Å². The Kier molecular flexibility index (Phi) is 60.6. The zero-order chi connectivity index (χ0) is 66.6. The number of carbonyl (C=O) groups is 4. The summed E-state index contributed by atoms with van der Waals surface area (Å²) in [6, 6.07) is 0. The maximum absolute atomic E-state index is 13.0. The fourth-order valence-corrected chi connectivity index (χ4v) is 12.3. The highest BCUT2D eigenvalue weighted by Gasteiger charge is 2.30. The van der Waals surface area contributed by atoms with Gasteiger partial charge in [-0.25, -0.2) is 9.13 Å². The van der Waals surface area contributed by atoms with Crippen molar-refractivity contribution in [2.45, 2.75) is 375 Å². The van der Waals surface area contributed by atoms with E-state index in [1.807, 2.05) is 0 Å². The summed E-state index contributed by atoms with van der Waals surface area (Å²) >= 11 is 0. The van der Waals surface area contributed by atoms with E-state index in [0.29, 0.717) is 25.7 Å². The summed E-state index contributed by atoms with van der Waals surface area (Å²) in [5, 5.41) is 10.6. The molecule has 0 heterocycles. The molecule has 0 aromatic heterocycles. The van der Waals surface area contributed by atoms with Gasteiger partial charge in [0.05, 0.1) is 26.4 Å². The first-order valence-corrected chi connectivity index (χ1v) is 39.9. The van der Waals surface area contributed by atoms with E-state index >= 15 is 0 Å². The Balaban J connectivity index is 5.26. The molecule has 0 aliphatic carbocycles. The summed E-state index contributed by atoms with van der Waals surface area (Å²) in [4.78, 5) is 72.6. The number of rotatable bonds is 69. The Bertz CT molecular complexity index is 1770. The molecule has 0 saturated heterocycles. The van der Waals surface area contributed by atoms with Crippen LogP contribution in [-0.4, -0.2) is 96.7 Å². The van der Waals surface area contributed by atoms with E-state index in [1.54, 1.807) is 0 Å². The molecule has 0 aliphatic rings. The molecule has 0 radical (unpaired) electrons. The second-order valence-corrected chi connectivity index (χ2v) is 29.7. The summed E-state index contributed by atoms with van der Waals surface area (Å²) in [5.74, 6) is 0.179. The normalized spacial score (nSPS) is 14.5. The molecule has 0 saturated carbocycles. The van der Waals surface area contributed by atoms with E-state index in [2.05, 4.69) is 48.5 Å². The van der Waals surface area contributed by atoms with Crippen molar-refractivity contribution in [1.29, 1.82) is 0 Å². The summed E-state index contributed by atoms with van der Waals surface area (Å²) in [5.41, 5.74) is 0. The van der Waals surface area contributed by atoms with E-state index in [9.17, 15) is 43.2 Å². The largest absolute Gasteiger partial charge is 0.472 e. The summed E-state index contributed by atoms with van der Waals surface area (Å²) in [6.45, 7) is 11.9. The van der Waals surface area contributed by atoms with Crippen molar-refractivity contribution < 1.29 is 80.2 Å². The minimum absolute atomic E-state index is 0.105. The summed E-state index contributed by atoms with van der Waals surface area (Å²) in [6.07, 6.45) is 45.7. The Labute approximate surface area is 549 Å². The number of phosphoric acid groups is 2. The maximum atomic E-state index is 13.0. The first-order valence-electron chi connectivity index (χ1n) is 36.9. The van der Waals surface area contributed by atoms with Crippen molar-refractivity contribution in [1.82, 2.24) is 0 Å². The van der Waals surface area contributed by atoms with Crippen LogP contribution in [0, 0.1) is 17.8 Å². The SMILES string of the molecule is CCCCCCCCCCCCC(=O)OC[C@H](COP(=O)(O)OC[C@H](O)COP(=O)(O)OC[C@@H](COC(=O)CCCCCCCCCCCCC(C)C)OC(=O)CCCCCCCCCCCCCCC(C)C)OC(=O)CCCCCCCCCCC(C)CC. The fraction of sp³-hybridized carbons (Fsp3) is 0.944. The molecule has 19 heteroatoms. The molecule has 17 nitrogen and oxygen atoms in total. The van der Waals surface area contributed by atoms with Gasteiger partial charge in [-0.15, -0.1) is 0 Å². The number of aliphatic hydroxyl groups is 1. The van der Waals surface area contributed by atoms with Crippen molar-refractivity contribution in [2.75, 3.05) is 39.6 Å². The maximum Gasteiger partial charge on any atom is 0.472 e. The molecule has 3 N–H and O–H groups in total. The average molecular weight is 1330 g/mol. The van der Waals surface area contributed by atoms with Gasteiger partial charge in [-0.1, -0.05) is 305 Å². The molecule has 0 fully saturated rings. The third kappa shape index (κ3) is 63.5. The Morgan fingerprint density at radius 1 is 0.322 bits per heavy atom. The zero-order valence-corrected chi connectivity index (χ0v) is 60.4. The Morgan fingerprint density at radius 2 is 0.567 bits per heavy atom. The minimum atomic E-state index is -4.95. The lowest BCUT2D eigenvalue weighted by Crippen LogP contribution is -2.30. The van der Waals surface area contributed by atoms with Crippen molar-refractivity contribution in [3.8, 4) is 0 Å². The van der Waals surface area contributed by atoms with Gasteiger partial charge in [-0.05, 0) is 43.4 Å². The second kappa shape index (κ2) is 61.9. The summed E-state index contributed by atoms with van der Waals surface area (Å²) in [7, 11) is -9.90. The number of carbonyl (C=O) groups excluding carboxylic acids is 4. The molecule has 0 rings (SSSR count).